The fourth-order valence-electron chi connectivity index (χ4n) is 4.19. The maximum Gasteiger partial charge on any atom is 0.511 e. The van der Waals surface area contributed by atoms with E-state index >= 15 is 0 Å². The van der Waals surface area contributed by atoms with Crippen LogP contribution in [0, 0.1) is 5.82 Å². The molecule has 3 heterocycles. The van der Waals surface area contributed by atoms with Gasteiger partial charge in [0.15, 0.2) is 5.75 Å². The Morgan fingerprint density at radius 2 is 2.10 bits per heavy atom. The highest BCUT2D eigenvalue weighted by Gasteiger charge is 2.37. The lowest BCUT2D eigenvalue weighted by Crippen LogP contribution is -2.47. The van der Waals surface area contributed by atoms with Crippen LogP contribution in [0.15, 0.2) is 23.1 Å². The minimum Gasteiger partial charge on any atom is -0.449 e. The number of ether oxygens (including phenoxy) is 2. The zero-order valence-corrected chi connectivity index (χ0v) is 16.3. The van der Waals surface area contributed by atoms with E-state index in [-0.39, 0.29) is 41.7 Å². The first-order chi connectivity index (χ1) is 13.5. The smallest absolute Gasteiger partial charge is 0.449 e. The molecule has 2 atom stereocenters. The van der Waals surface area contributed by atoms with E-state index in [4.69, 9.17) is 9.84 Å². The third kappa shape index (κ3) is 3.54. The van der Waals surface area contributed by atoms with Crippen molar-refractivity contribution in [2.75, 3.05) is 31.1 Å². The minimum atomic E-state index is -1.57. The SMILES string of the molecule is Cl.O=C(O)Oc1cn(C2CC2)c2cc(N3C[C@@H]4NCCO[C@@H]4C3)c(F)cc2c1=O. The molecule has 1 saturated carbocycles. The first-order valence-corrected chi connectivity index (χ1v) is 9.40. The Morgan fingerprint density at radius 3 is 2.79 bits per heavy atom. The molecular weight excluding hydrogens is 405 g/mol. The molecule has 3 aliphatic rings. The highest BCUT2D eigenvalue weighted by Crippen LogP contribution is 2.39. The highest BCUT2D eigenvalue weighted by atomic mass is 35.5. The average molecular weight is 426 g/mol. The second-order valence-corrected chi connectivity index (χ2v) is 7.52. The van der Waals surface area contributed by atoms with E-state index in [1.165, 1.54) is 12.3 Å². The van der Waals surface area contributed by atoms with Crippen LogP contribution in [0.4, 0.5) is 14.9 Å². The number of benzene rings is 1. The van der Waals surface area contributed by atoms with E-state index in [0.29, 0.717) is 30.9 Å². The van der Waals surface area contributed by atoms with E-state index in [1.54, 1.807) is 6.07 Å². The first-order valence-electron chi connectivity index (χ1n) is 9.40. The summed E-state index contributed by atoms with van der Waals surface area (Å²) in [4.78, 5) is 25.5. The molecule has 156 valence electrons. The molecule has 0 radical (unpaired) electrons. The molecule has 0 amide bonds. The molecule has 8 nitrogen and oxygen atoms in total. The van der Waals surface area contributed by atoms with Gasteiger partial charge in [-0.25, -0.2) is 9.18 Å². The molecule has 1 aromatic carbocycles. The Balaban J connectivity index is 0.00000205. The molecule has 1 aliphatic carbocycles. The van der Waals surface area contributed by atoms with Gasteiger partial charge in [-0.2, -0.15) is 0 Å². The Morgan fingerprint density at radius 1 is 1.31 bits per heavy atom. The number of aromatic nitrogens is 1. The molecule has 2 saturated heterocycles. The van der Waals surface area contributed by atoms with Gasteiger partial charge in [0.05, 0.1) is 41.5 Å². The molecule has 29 heavy (non-hydrogen) atoms. The number of anilines is 1. The van der Waals surface area contributed by atoms with Crippen LogP contribution in [0.25, 0.3) is 10.9 Å². The van der Waals surface area contributed by atoms with Gasteiger partial charge >= 0.3 is 6.16 Å². The van der Waals surface area contributed by atoms with Crippen LogP contribution < -0.4 is 20.4 Å². The van der Waals surface area contributed by atoms with E-state index in [0.717, 1.165) is 19.4 Å². The number of nitrogens with zero attached hydrogens (tertiary/aromatic N) is 2. The quantitative estimate of drug-likeness (QED) is 0.727. The first kappa shape index (κ1) is 19.9. The molecule has 0 spiro atoms. The van der Waals surface area contributed by atoms with Crippen molar-refractivity contribution in [2.24, 2.45) is 0 Å². The van der Waals surface area contributed by atoms with Gasteiger partial charge in [-0.3, -0.25) is 4.79 Å². The fraction of sp³-hybridized carbons (Fsp3) is 0.474. The van der Waals surface area contributed by atoms with Crippen molar-refractivity contribution in [3.05, 3.63) is 34.4 Å². The number of hydrogen-bond donors (Lipinski definition) is 2. The highest BCUT2D eigenvalue weighted by molar-refractivity contribution is 5.85. The van der Waals surface area contributed by atoms with Crippen LogP contribution in [0.5, 0.6) is 5.75 Å². The van der Waals surface area contributed by atoms with Crippen molar-refractivity contribution < 1.29 is 23.8 Å². The lowest BCUT2D eigenvalue weighted by Gasteiger charge is -2.25. The van der Waals surface area contributed by atoms with Crippen LogP contribution in [0.2, 0.25) is 0 Å². The normalized spacial score (nSPS) is 23.6. The predicted octanol–water partition coefficient (Wildman–Crippen LogP) is 2.13. The van der Waals surface area contributed by atoms with Gasteiger partial charge in [-0.15, -0.1) is 12.4 Å². The number of pyridine rings is 1. The van der Waals surface area contributed by atoms with Gasteiger partial charge in [-0.05, 0) is 25.0 Å². The molecule has 3 fully saturated rings. The van der Waals surface area contributed by atoms with Crippen molar-refractivity contribution in [1.29, 1.82) is 0 Å². The van der Waals surface area contributed by atoms with E-state index in [2.05, 4.69) is 10.1 Å². The summed E-state index contributed by atoms with van der Waals surface area (Å²) in [5.41, 5.74) is 0.387. The summed E-state index contributed by atoms with van der Waals surface area (Å²) in [5, 5.41) is 12.4. The second-order valence-electron chi connectivity index (χ2n) is 7.52. The van der Waals surface area contributed by atoms with Crippen LogP contribution in [0.1, 0.15) is 18.9 Å². The summed E-state index contributed by atoms with van der Waals surface area (Å²) >= 11 is 0. The monoisotopic (exact) mass is 425 g/mol. The molecule has 10 heteroatoms. The van der Waals surface area contributed by atoms with Crippen LogP contribution in [-0.4, -0.2) is 54.2 Å². The van der Waals surface area contributed by atoms with E-state index < -0.39 is 17.4 Å². The van der Waals surface area contributed by atoms with Crippen molar-refractivity contribution >= 4 is 35.2 Å². The lowest BCUT2D eigenvalue weighted by atomic mass is 10.1. The maximum atomic E-state index is 15.0. The van der Waals surface area contributed by atoms with Crippen molar-refractivity contribution in [3.8, 4) is 5.75 Å². The van der Waals surface area contributed by atoms with Crippen LogP contribution >= 0.6 is 12.4 Å². The molecule has 0 unspecified atom stereocenters. The van der Waals surface area contributed by atoms with Crippen molar-refractivity contribution in [3.63, 3.8) is 0 Å². The summed E-state index contributed by atoms with van der Waals surface area (Å²) in [6.45, 7) is 2.63. The van der Waals surface area contributed by atoms with Crippen LogP contribution in [-0.2, 0) is 4.74 Å². The average Bonchev–Trinajstić information content (AvgIpc) is 3.41. The summed E-state index contributed by atoms with van der Waals surface area (Å²) < 4.78 is 27.2. The zero-order chi connectivity index (χ0) is 19.4. The standard InChI is InChI=1S/C19H20FN3O5.ClH/c20-12-5-11-14(6-15(12)22-7-13-16(8-22)27-4-3-21-13)23(10-1-2-10)9-17(18(11)24)28-19(25)26;/h5-6,9-10,13,16,21H,1-4,7-8H2,(H,25,26);1H/t13-,16+;/m0./s1. The molecule has 2 aliphatic heterocycles. The van der Waals surface area contributed by atoms with Gasteiger partial charge < -0.3 is 29.4 Å². The predicted molar refractivity (Wildman–Crippen MR) is 106 cm³/mol. The van der Waals surface area contributed by atoms with Crippen molar-refractivity contribution in [2.45, 2.75) is 31.0 Å². The molecular formula is C19H21ClFN3O5. The zero-order valence-electron chi connectivity index (χ0n) is 15.5. The van der Waals surface area contributed by atoms with Gasteiger partial charge in [0.1, 0.15) is 5.82 Å². The van der Waals surface area contributed by atoms with Crippen LogP contribution in [0.3, 0.4) is 0 Å². The summed E-state index contributed by atoms with van der Waals surface area (Å²) in [5.74, 6) is -0.818. The maximum absolute atomic E-state index is 15.0. The Bertz CT molecular complexity index is 1010. The topological polar surface area (TPSA) is 93.0 Å². The number of carbonyl (C=O) groups is 1. The summed E-state index contributed by atoms with van der Waals surface area (Å²) in [6, 6.07) is 3.19. The largest absolute Gasteiger partial charge is 0.511 e. The van der Waals surface area contributed by atoms with Gasteiger partial charge in [0.25, 0.3) is 0 Å². The molecule has 5 rings (SSSR count). The van der Waals surface area contributed by atoms with Gasteiger partial charge in [-0.1, -0.05) is 0 Å². The summed E-state index contributed by atoms with van der Waals surface area (Å²) in [7, 11) is 0. The number of fused-ring (bicyclic) bond motifs is 2. The Hall–Kier alpha value is -2.36. The summed E-state index contributed by atoms with van der Waals surface area (Å²) in [6.07, 6.45) is 1.71. The third-order valence-electron chi connectivity index (χ3n) is 5.65. The molecule has 2 N–H and O–H groups in total. The third-order valence-corrected chi connectivity index (χ3v) is 5.65. The van der Waals surface area contributed by atoms with Gasteiger partial charge in [0.2, 0.25) is 5.43 Å². The van der Waals surface area contributed by atoms with Gasteiger partial charge in [0, 0.05) is 25.7 Å². The fourth-order valence-corrected chi connectivity index (χ4v) is 4.19. The number of hydrogen-bond acceptors (Lipinski definition) is 6. The lowest BCUT2D eigenvalue weighted by molar-refractivity contribution is 0.0212. The number of morpholine rings is 1. The number of carboxylic acid groups (broad SMARTS) is 1. The van der Waals surface area contributed by atoms with E-state index in [9.17, 15) is 14.0 Å². The Labute approximate surface area is 171 Å². The Kier molecular flexibility index (Phi) is 5.14. The number of rotatable bonds is 3. The molecule has 2 aromatic rings. The number of halogens is 2. The molecule has 1 aromatic heterocycles. The second kappa shape index (κ2) is 7.47. The molecule has 0 bridgehead atoms. The van der Waals surface area contributed by atoms with Crippen molar-refractivity contribution in [1.82, 2.24) is 9.88 Å². The number of nitrogens with one attached hydrogen (secondary N) is 1. The van der Waals surface area contributed by atoms with E-state index in [1.807, 2.05) is 9.47 Å². The minimum absolute atomic E-state index is 0.